The summed E-state index contributed by atoms with van der Waals surface area (Å²) in [5, 5.41) is 9.03. The van der Waals surface area contributed by atoms with Crippen molar-refractivity contribution in [1.29, 1.82) is 0 Å². The molecule has 0 spiro atoms. The van der Waals surface area contributed by atoms with E-state index in [0.29, 0.717) is 0 Å². The van der Waals surface area contributed by atoms with E-state index in [1.807, 2.05) is 0 Å². The van der Waals surface area contributed by atoms with E-state index >= 15 is 0 Å². The van der Waals surface area contributed by atoms with Crippen LogP contribution in [0.25, 0.3) is 0 Å². The molecule has 2 rings (SSSR count). The number of aromatic nitrogens is 2. The van der Waals surface area contributed by atoms with E-state index in [1.165, 1.54) is 6.07 Å². The van der Waals surface area contributed by atoms with Crippen LogP contribution in [-0.4, -0.2) is 34.3 Å². The minimum atomic E-state index is -4.63. The fourth-order valence-corrected chi connectivity index (χ4v) is 2.02. The van der Waals surface area contributed by atoms with Gasteiger partial charge in [-0.2, -0.15) is 13.2 Å². The number of nitrogens with two attached hydrogens (primary N) is 1. The van der Waals surface area contributed by atoms with E-state index in [0.717, 1.165) is 19.3 Å². The molecule has 106 valence electrons. The Balaban J connectivity index is 2.33. The lowest BCUT2D eigenvalue weighted by molar-refractivity contribution is -0.144. The van der Waals surface area contributed by atoms with Gasteiger partial charge in [-0.25, -0.2) is 9.97 Å². The van der Waals surface area contributed by atoms with E-state index in [-0.39, 0.29) is 30.8 Å². The second kappa shape index (κ2) is 5.20. The second-order valence-corrected chi connectivity index (χ2v) is 4.47. The molecule has 1 heterocycles. The van der Waals surface area contributed by atoms with Crippen LogP contribution in [0.5, 0.6) is 0 Å². The van der Waals surface area contributed by atoms with Crippen molar-refractivity contribution in [1.82, 2.24) is 9.97 Å². The molecule has 0 aliphatic heterocycles. The average molecular weight is 276 g/mol. The number of rotatable bonds is 4. The summed E-state index contributed by atoms with van der Waals surface area (Å²) in [5.41, 5.74) is 5.41. The first-order valence-electron chi connectivity index (χ1n) is 6.01. The third-order valence-electron chi connectivity index (χ3n) is 3.14. The van der Waals surface area contributed by atoms with Crippen molar-refractivity contribution < 1.29 is 18.3 Å². The summed E-state index contributed by atoms with van der Waals surface area (Å²) in [6, 6.07) is 1.42. The molecule has 1 aromatic rings. The number of halogens is 3. The Kier molecular flexibility index (Phi) is 3.79. The quantitative estimate of drug-likeness (QED) is 0.870. The number of aliphatic hydroxyl groups excluding tert-OH is 1. The van der Waals surface area contributed by atoms with Crippen LogP contribution in [0.1, 0.15) is 25.1 Å². The molecule has 0 aromatic carbocycles. The van der Waals surface area contributed by atoms with Gasteiger partial charge in [-0.3, -0.25) is 0 Å². The highest BCUT2D eigenvalue weighted by Crippen LogP contribution is 2.32. The van der Waals surface area contributed by atoms with Gasteiger partial charge < -0.3 is 15.7 Å². The summed E-state index contributed by atoms with van der Waals surface area (Å²) in [6.45, 7) is 0.0835. The van der Waals surface area contributed by atoms with Gasteiger partial charge in [0.2, 0.25) is 5.82 Å². The molecule has 19 heavy (non-hydrogen) atoms. The number of nitrogens with zero attached hydrogens (tertiary/aromatic N) is 3. The lowest BCUT2D eigenvalue weighted by atomic mass is 9.91. The monoisotopic (exact) mass is 276 g/mol. The lowest BCUT2D eigenvalue weighted by Gasteiger charge is -2.38. The van der Waals surface area contributed by atoms with E-state index in [1.54, 1.807) is 4.90 Å². The van der Waals surface area contributed by atoms with Crippen molar-refractivity contribution in [2.24, 2.45) is 0 Å². The highest BCUT2D eigenvalue weighted by molar-refractivity contribution is 5.48. The van der Waals surface area contributed by atoms with E-state index in [4.69, 9.17) is 10.8 Å². The molecule has 1 aliphatic rings. The Morgan fingerprint density at radius 2 is 2.05 bits per heavy atom. The van der Waals surface area contributed by atoms with Gasteiger partial charge >= 0.3 is 6.18 Å². The predicted molar refractivity (Wildman–Crippen MR) is 63.5 cm³/mol. The summed E-state index contributed by atoms with van der Waals surface area (Å²) in [5.74, 6) is -1.34. The van der Waals surface area contributed by atoms with Gasteiger partial charge in [0.05, 0.1) is 6.61 Å². The first-order valence-corrected chi connectivity index (χ1v) is 6.01. The number of hydrogen-bond donors (Lipinski definition) is 2. The number of aliphatic hydroxyl groups is 1. The molecule has 0 atom stereocenters. The van der Waals surface area contributed by atoms with Crippen LogP contribution >= 0.6 is 0 Å². The molecule has 3 N–H and O–H groups in total. The van der Waals surface area contributed by atoms with Crippen molar-refractivity contribution >= 4 is 11.6 Å². The second-order valence-electron chi connectivity index (χ2n) is 4.47. The molecule has 5 nitrogen and oxygen atoms in total. The summed E-state index contributed by atoms with van der Waals surface area (Å²) < 4.78 is 37.9. The highest BCUT2D eigenvalue weighted by atomic mass is 19.4. The zero-order valence-corrected chi connectivity index (χ0v) is 10.2. The van der Waals surface area contributed by atoms with Crippen molar-refractivity contribution in [3.63, 3.8) is 0 Å². The lowest BCUT2D eigenvalue weighted by Crippen LogP contribution is -2.42. The molecule has 8 heteroatoms. The van der Waals surface area contributed by atoms with Gasteiger partial charge in [-0.05, 0) is 19.3 Å². The zero-order valence-electron chi connectivity index (χ0n) is 10.2. The number of nitrogen functional groups attached to an aromatic ring is 1. The normalized spacial score (nSPS) is 16.2. The Labute approximate surface area is 108 Å². The summed E-state index contributed by atoms with van der Waals surface area (Å²) in [6.07, 6.45) is -1.84. The van der Waals surface area contributed by atoms with E-state index in [9.17, 15) is 13.2 Å². The molecule has 0 bridgehead atoms. The standard InChI is InChI=1S/C11H15F3N4O/c12-11(13,14)10-16-8(15)6-9(17-10)18(4-5-19)7-2-1-3-7/h6-7,19H,1-5H2,(H2,15,16,17). The molecule has 1 aromatic heterocycles. The van der Waals surface area contributed by atoms with E-state index < -0.39 is 12.0 Å². The summed E-state index contributed by atoms with van der Waals surface area (Å²) in [4.78, 5) is 8.39. The molecular formula is C11H15F3N4O. The maximum absolute atomic E-state index is 12.6. The van der Waals surface area contributed by atoms with Crippen LogP contribution in [0.2, 0.25) is 0 Å². The van der Waals surface area contributed by atoms with Gasteiger partial charge in [-0.1, -0.05) is 0 Å². The summed E-state index contributed by atoms with van der Waals surface area (Å²) >= 11 is 0. The fraction of sp³-hybridized carbons (Fsp3) is 0.636. The van der Waals surface area contributed by atoms with Crippen LogP contribution in [0.3, 0.4) is 0 Å². The molecule has 0 saturated heterocycles. The number of hydrogen-bond acceptors (Lipinski definition) is 5. The van der Waals surface area contributed by atoms with Crippen molar-refractivity contribution in [2.45, 2.75) is 31.5 Å². The van der Waals surface area contributed by atoms with Crippen LogP contribution in [0.15, 0.2) is 6.07 Å². The minimum Gasteiger partial charge on any atom is -0.395 e. The smallest absolute Gasteiger partial charge is 0.395 e. The maximum atomic E-state index is 12.6. The third-order valence-corrected chi connectivity index (χ3v) is 3.14. The van der Waals surface area contributed by atoms with Gasteiger partial charge in [0, 0.05) is 18.7 Å². The Hall–Kier alpha value is -1.57. The summed E-state index contributed by atoms with van der Waals surface area (Å²) in [7, 11) is 0. The first kappa shape index (κ1) is 13.9. The van der Waals surface area contributed by atoms with Crippen LogP contribution in [-0.2, 0) is 6.18 Å². The number of anilines is 2. The van der Waals surface area contributed by atoms with E-state index in [2.05, 4.69) is 9.97 Å². The topological polar surface area (TPSA) is 75.3 Å². The molecule has 0 unspecified atom stereocenters. The van der Waals surface area contributed by atoms with Gasteiger partial charge in [0.1, 0.15) is 11.6 Å². The average Bonchev–Trinajstić information content (AvgIpc) is 2.24. The SMILES string of the molecule is Nc1cc(N(CCO)C2CCC2)nc(C(F)(F)F)n1. The third kappa shape index (κ3) is 3.06. The Morgan fingerprint density at radius 3 is 2.53 bits per heavy atom. The Morgan fingerprint density at radius 1 is 1.37 bits per heavy atom. The molecule has 1 fully saturated rings. The highest BCUT2D eigenvalue weighted by Gasteiger charge is 2.36. The fourth-order valence-electron chi connectivity index (χ4n) is 2.02. The molecule has 1 aliphatic carbocycles. The first-order chi connectivity index (χ1) is 8.91. The molecule has 0 radical (unpaired) electrons. The van der Waals surface area contributed by atoms with Crippen LogP contribution in [0.4, 0.5) is 24.8 Å². The van der Waals surface area contributed by atoms with Crippen molar-refractivity contribution in [3.05, 3.63) is 11.9 Å². The minimum absolute atomic E-state index is 0.113. The molecule has 0 amide bonds. The van der Waals surface area contributed by atoms with Gasteiger partial charge in [0.25, 0.3) is 0 Å². The van der Waals surface area contributed by atoms with Crippen molar-refractivity contribution in [3.8, 4) is 0 Å². The largest absolute Gasteiger partial charge is 0.451 e. The zero-order chi connectivity index (χ0) is 14.0. The van der Waals surface area contributed by atoms with Crippen LogP contribution < -0.4 is 10.6 Å². The number of alkyl halides is 3. The maximum Gasteiger partial charge on any atom is 0.451 e. The van der Waals surface area contributed by atoms with Gasteiger partial charge in [-0.15, -0.1) is 0 Å². The van der Waals surface area contributed by atoms with Crippen LogP contribution in [0, 0.1) is 0 Å². The molecule has 1 saturated carbocycles. The predicted octanol–water partition coefficient (Wildman–Crippen LogP) is 1.43. The Bertz CT molecular complexity index is 448. The van der Waals surface area contributed by atoms with Crippen molar-refractivity contribution in [2.75, 3.05) is 23.8 Å². The van der Waals surface area contributed by atoms with Gasteiger partial charge in [0.15, 0.2) is 0 Å². The molecular weight excluding hydrogens is 261 g/mol.